The molecule has 1 unspecified atom stereocenters. The van der Waals surface area contributed by atoms with E-state index in [4.69, 9.17) is 9.47 Å². The van der Waals surface area contributed by atoms with E-state index in [0.717, 1.165) is 10.0 Å². The summed E-state index contributed by atoms with van der Waals surface area (Å²) in [6, 6.07) is 6.52. The van der Waals surface area contributed by atoms with Crippen molar-refractivity contribution in [1.29, 1.82) is 0 Å². The molecule has 2 amide bonds. The molecule has 1 heterocycles. The van der Waals surface area contributed by atoms with Gasteiger partial charge in [0.2, 0.25) is 0 Å². The second-order valence-corrected chi connectivity index (χ2v) is 6.59. The fraction of sp³-hybridized carbons (Fsp3) is 0.412. The summed E-state index contributed by atoms with van der Waals surface area (Å²) in [6.07, 6.45) is 0.0794. The van der Waals surface area contributed by atoms with E-state index in [9.17, 15) is 9.59 Å². The van der Waals surface area contributed by atoms with Gasteiger partial charge in [0.15, 0.2) is 0 Å². The average molecular weight is 397 g/mol. The molecule has 0 saturated heterocycles. The summed E-state index contributed by atoms with van der Waals surface area (Å²) in [7, 11) is 0. The second kappa shape index (κ2) is 8.30. The fourth-order valence-corrected chi connectivity index (χ4v) is 2.63. The molecule has 0 saturated carbocycles. The molecule has 2 rings (SSSR count). The Hall–Kier alpha value is -1.86. The summed E-state index contributed by atoms with van der Waals surface area (Å²) in [4.78, 5) is 24.3. The molecule has 0 aromatic heterocycles. The quantitative estimate of drug-likeness (QED) is 0.572. The van der Waals surface area contributed by atoms with Crippen molar-refractivity contribution in [3.63, 3.8) is 0 Å². The molecule has 1 aromatic rings. The predicted molar refractivity (Wildman–Crippen MR) is 93.3 cm³/mol. The van der Waals surface area contributed by atoms with Crippen LogP contribution in [0.1, 0.15) is 32.4 Å². The number of halogens is 1. The van der Waals surface area contributed by atoms with Crippen LogP contribution in [0.15, 0.2) is 40.0 Å². The molecule has 130 valence electrons. The van der Waals surface area contributed by atoms with E-state index in [1.54, 1.807) is 6.92 Å². The molecule has 1 aliphatic rings. The highest BCUT2D eigenvalue weighted by molar-refractivity contribution is 9.10. The van der Waals surface area contributed by atoms with E-state index in [2.05, 4.69) is 26.6 Å². The molecule has 24 heavy (non-hydrogen) atoms. The molecule has 0 fully saturated rings. The third-order valence-electron chi connectivity index (χ3n) is 3.46. The first kappa shape index (κ1) is 18.5. The van der Waals surface area contributed by atoms with Crippen molar-refractivity contribution < 1.29 is 19.1 Å². The maximum Gasteiger partial charge on any atom is 0.338 e. The minimum absolute atomic E-state index is 0.0794. The Bertz CT molecular complexity index is 640. The van der Waals surface area contributed by atoms with Gasteiger partial charge in [-0.15, -0.1) is 0 Å². The van der Waals surface area contributed by atoms with Gasteiger partial charge >= 0.3 is 12.0 Å². The first-order valence-electron chi connectivity index (χ1n) is 7.71. The topological polar surface area (TPSA) is 76.7 Å². The number of hydrogen-bond acceptors (Lipinski definition) is 4. The highest BCUT2D eigenvalue weighted by Gasteiger charge is 2.32. The van der Waals surface area contributed by atoms with Crippen molar-refractivity contribution >= 4 is 27.9 Å². The monoisotopic (exact) mass is 396 g/mol. The lowest BCUT2D eigenvalue weighted by Gasteiger charge is -2.28. The zero-order chi connectivity index (χ0) is 17.7. The van der Waals surface area contributed by atoms with Gasteiger partial charge in [-0.3, -0.25) is 0 Å². The summed E-state index contributed by atoms with van der Waals surface area (Å²) in [6.45, 7) is 6.01. The number of esters is 1. The Morgan fingerprint density at radius 1 is 1.25 bits per heavy atom. The molecule has 0 radical (unpaired) electrons. The number of urea groups is 1. The first-order chi connectivity index (χ1) is 11.4. The van der Waals surface area contributed by atoms with Gasteiger partial charge in [0.1, 0.15) is 6.61 Å². The number of rotatable bonds is 6. The predicted octanol–water partition coefficient (Wildman–Crippen LogP) is 3.05. The van der Waals surface area contributed by atoms with E-state index in [1.807, 2.05) is 38.1 Å². The lowest BCUT2D eigenvalue weighted by atomic mass is 9.96. The van der Waals surface area contributed by atoms with Gasteiger partial charge in [0, 0.05) is 10.2 Å². The Kier molecular flexibility index (Phi) is 6.39. The average Bonchev–Trinajstić information content (AvgIpc) is 2.51. The minimum Gasteiger partial charge on any atom is -0.460 e. The highest BCUT2D eigenvalue weighted by atomic mass is 79.9. The molecule has 1 aromatic carbocycles. The van der Waals surface area contributed by atoms with E-state index in [-0.39, 0.29) is 18.7 Å². The van der Waals surface area contributed by atoms with Crippen LogP contribution >= 0.6 is 15.9 Å². The van der Waals surface area contributed by atoms with E-state index in [0.29, 0.717) is 17.9 Å². The van der Waals surface area contributed by atoms with Gasteiger partial charge in [-0.25, -0.2) is 9.59 Å². The molecular weight excluding hydrogens is 376 g/mol. The van der Waals surface area contributed by atoms with Crippen LogP contribution < -0.4 is 10.6 Å². The number of ether oxygens (including phenoxy) is 2. The van der Waals surface area contributed by atoms with Crippen LogP contribution in [0.4, 0.5) is 4.79 Å². The molecule has 7 heteroatoms. The summed E-state index contributed by atoms with van der Waals surface area (Å²) < 4.78 is 11.6. The molecule has 0 spiro atoms. The smallest absolute Gasteiger partial charge is 0.338 e. The van der Waals surface area contributed by atoms with E-state index in [1.165, 1.54) is 0 Å². The largest absolute Gasteiger partial charge is 0.460 e. The lowest BCUT2D eigenvalue weighted by molar-refractivity contribution is -0.141. The molecule has 0 bridgehead atoms. The maximum absolute atomic E-state index is 12.5. The van der Waals surface area contributed by atoms with Crippen LogP contribution in [0.2, 0.25) is 0 Å². The molecular formula is C17H21BrN2O4. The summed E-state index contributed by atoms with van der Waals surface area (Å²) in [5, 5.41) is 5.39. The zero-order valence-corrected chi connectivity index (χ0v) is 15.5. The van der Waals surface area contributed by atoms with Gasteiger partial charge < -0.3 is 20.1 Å². The molecule has 0 aliphatic carbocycles. The van der Waals surface area contributed by atoms with Crippen LogP contribution in [0.3, 0.4) is 0 Å². The van der Waals surface area contributed by atoms with Crippen LogP contribution in [-0.2, 0) is 14.3 Å². The second-order valence-electron chi connectivity index (χ2n) is 5.68. The standard InChI is InChI=1S/C17H21BrN2O4/c1-10(2)23-8-9-24-16(21)14-11(3)19-17(22)20-15(14)12-4-6-13(18)7-5-12/h4-7,10,15H,8-9H2,1-3H3,(H2,19,20,22). The van der Waals surface area contributed by atoms with Crippen LogP contribution in [0.5, 0.6) is 0 Å². The van der Waals surface area contributed by atoms with Gasteiger partial charge in [-0.2, -0.15) is 0 Å². The molecule has 6 nitrogen and oxygen atoms in total. The number of carbonyl (C=O) groups excluding carboxylic acids is 2. The number of allylic oxidation sites excluding steroid dienone is 1. The van der Waals surface area contributed by atoms with Crippen LogP contribution in [0.25, 0.3) is 0 Å². The van der Waals surface area contributed by atoms with E-state index >= 15 is 0 Å². The molecule has 1 aliphatic heterocycles. The lowest BCUT2D eigenvalue weighted by Crippen LogP contribution is -2.45. The maximum atomic E-state index is 12.5. The normalized spacial score (nSPS) is 17.5. The van der Waals surface area contributed by atoms with Gasteiger partial charge in [-0.1, -0.05) is 28.1 Å². The number of amides is 2. The highest BCUT2D eigenvalue weighted by Crippen LogP contribution is 2.28. The molecule has 2 N–H and O–H groups in total. The summed E-state index contributed by atoms with van der Waals surface area (Å²) in [5.41, 5.74) is 1.68. The Morgan fingerprint density at radius 2 is 1.92 bits per heavy atom. The number of carbonyl (C=O) groups is 2. The number of hydrogen-bond donors (Lipinski definition) is 2. The summed E-state index contributed by atoms with van der Waals surface area (Å²) in [5.74, 6) is -0.472. The van der Waals surface area contributed by atoms with Gasteiger partial charge in [0.25, 0.3) is 0 Å². The van der Waals surface area contributed by atoms with Crippen molar-refractivity contribution in [3.8, 4) is 0 Å². The van der Waals surface area contributed by atoms with Gasteiger partial charge in [0.05, 0.1) is 24.3 Å². The molecule has 1 atom stereocenters. The summed E-state index contributed by atoms with van der Waals surface area (Å²) >= 11 is 3.37. The fourth-order valence-electron chi connectivity index (χ4n) is 2.37. The van der Waals surface area contributed by atoms with Gasteiger partial charge in [-0.05, 0) is 38.5 Å². The Labute approximate surface area is 149 Å². The van der Waals surface area contributed by atoms with Crippen molar-refractivity contribution in [2.75, 3.05) is 13.2 Å². The zero-order valence-electron chi connectivity index (χ0n) is 13.9. The third kappa shape index (κ3) is 4.82. The van der Waals surface area contributed by atoms with Crippen molar-refractivity contribution in [2.24, 2.45) is 0 Å². The van der Waals surface area contributed by atoms with Crippen LogP contribution in [0, 0.1) is 0 Å². The van der Waals surface area contributed by atoms with Crippen molar-refractivity contribution in [1.82, 2.24) is 10.6 Å². The Balaban J connectivity index is 2.16. The Morgan fingerprint density at radius 3 is 2.54 bits per heavy atom. The van der Waals surface area contributed by atoms with Crippen molar-refractivity contribution in [3.05, 3.63) is 45.6 Å². The van der Waals surface area contributed by atoms with E-state index < -0.39 is 12.0 Å². The number of benzene rings is 1. The van der Waals surface area contributed by atoms with Crippen molar-refractivity contribution in [2.45, 2.75) is 32.9 Å². The SMILES string of the molecule is CC1=C(C(=O)OCCOC(C)C)C(c2ccc(Br)cc2)NC(=O)N1. The minimum atomic E-state index is -0.551. The first-order valence-corrected chi connectivity index (χ1v) is 8.50. The van der Waals surface area contributed by atoms with Crippen LogP contribution in [-0.4, -0.2) is 31.3 Å². The third-order valence-corrected chi connectivity index (χ3v) is 3.99. The number of nitrogens with one attached hydrogen (secondary N) is 2.